The maximum atomic E-state index is 12.4. The van der Waals surface area contributed by atoms with Crippen LogP contribution in [0.2, 0.25) is 0 Å². The molecule has 1 spiro atoms. The molecule has 0 atom stereocenters. The lowest BCUT2D eigenvalue weighted by Crippen LogP contribution is -2.55. The maximum absolute atomic E-state index is 12.4. The third-order valence-corrected chi connectivity index (χ3v) is 6.23. The second-order valence-corrected chi connectivity index (χ2v) is 7.68. The van der Waals surface area contributed by atoms with Crippen LogP contribution < -0.4 is 0 Å². The number of carbonyl (C=O) groups excluding carboxylic acids is 1. The first kappa shape index (κ1) is 15.1. The predicted octanol–water partition coefficient (Wildman–Crippen LogP) is 2.49. The Hall–Kier alpha value is -1.42. The summed E-state index contributed by atoms with van der Waals surface area (Å²) in [6.45, 7) is 4.52. The molecule has 124 valence electrons. The van der Waals surface area contributed by atoms with E-state index in [9.17, 15) is 4.79 Å². The van der Waals surface area contributed by atoms with E-state index in [4.69, 9.17) is 0 Å². The summed E-state index contributed by atoms with van der Waals surface area (Å²) in [5, 5.41) is 0. The van der Waals surface area contributed by atoms with Gasteiger partial charge in [0.15, 0.2) is 0 Å². The molecule has 0 bridgehead atoms. The van der Waals surface area contributed by atoms with E-state index in [1.165, 1.54) is 51.6 Å². The summed E-state index contributed by atoms with van der Waals surface area (Å²) in [5.74, 6) is 0.244. The largest absolute Gasteiger partial charge is 0.342 e. The monoisotopic (exact) mass is 313 g/mol. The Kier molecular flexibility index (Phi) is 4.10. The number of carbonyl (C=O) groups is 1. The summed E-state index contributed by atoms with van der Waals surface area (Å²) in [5.41, 5.74) is 1.44. The normalized spacial score (nSPS) is 24.8. The van der Waals surface area contributed by atoms with E-state index in [0.717, 1.165) is 24.8 Å². The zero-order chi connectivity index (χ0) is 15.7. The highest BCUT2D eigenvalue weighted by Gasteiger charge is 2.48. The van der Waals surface area contributed by atoms with E-state index in [1.54, 1.807) is 6.20 Å². The van der Waals surface area contributed by atoms with Crippen molar-refractivity contribution >= 4 is 5.91 Å². The number of nitrogens with zero attached hydrogens (tertiary/aromatic N) is 3. The minimum absolute atomic E-state index is 0.244. The fourth-order valence-corrected chi connectivity index (χ4v) is 4.71. The van der Waals surface area contributed by atoms with Crippen LogP contribution in [0.1, 0.15) is 44.2 Å². The van der Waals surface area contributed by atoms with Gasteiger partial charge >= 0.3 is 0 Å². The highest BCUT2D eigenvalue weighted by molar-refractivity contribution is 5.78. The Morgan fingerprint density at radius 2 is 1.87 bits per heavy atom. The molecule has 23 heavy (non-hydrogen) atoms. The van der Waals surface area contributed by atoms with Crippen LogP contribution in [0.25, 0.3) is 0 Å². The fraction of sp³-hybridized carbons (Fsp3) is 0.684. The lowest BCUT2D eigenvalue weighted by Gasteiger charge is -2.54. The minimum atomic E-state index is 0.244. The van der Waals surface area contributed by atoms with E-state index in [1.807, 2.05) is 18.2 Å². The minimum Gasteiger partial charge on any atom is -0.342 e. The molecule has 2 aliphatic heterocycles. The molecule has 1 aliphatic carbocycles. The van der Waals surface area contributed by atoms with E-state index in [0.29, 0.717) is 11.8 Å². The fourth-order valence-electron chi connectivity index (χ4n) is 4.71. The molecule has 2 saturated heterocycles. The zero-order valence-corrected chi connectivity index (χ0v) is 13.9. The molecule has 1 aromatic rings. The van der Waals surface area contributed by atoms with Crippen molar-refractivity contribution in [2.75, 3.05) is 26.2 Å². The lowest BCUT2D eigenvalue weighted by molar-refractivity contribution is -0.135. The van der Waals surface area contributed by atoms with Crippen molar-refractivity contribution in [3.63, 3.8) is 0 Å². The molecule has 0 N–H and O–H groups in total. The standard InChI is InChI=1S/C19H27N3O/c23-18(13-16-5-1-2-8-20-16)22-11-6-19(7-12-22)14-17(15-19)21-9-3-4-10-21/h1-2,5,8,17H,3-4,6-7,9-15H2. The molecule has 0 unspecified atom stereocenters. The van der Waals surface area contributed by atoms with Crippen LogP contribution in [0.15, 0.2) is 24.4 Å². The Bertz CT molecular complexity index is 537. The van der Waals surface area contributed by atoms with Crippen molar-refractivity contribution in [2.24, 2.45) is 5.41 Å². The number of hydrogen-bond donors (Lipinski definition) is 0. The smallest absolute Gasteiger partial charge is 0.228 e. The van der Waals surface area contributed by atoms with E-state index < -0.39 is 0 Å². The molecule has 4 nitrogen and oxygen atoms in total. The van der Waals surface area contributed by atoms with Gasteiger partial charge in [-0.2, -0.15) is 0 Å². The van der Waals surface area contributed by atoms with E-state index in [2.05, 4.69) is 14.8 Å². The van der Waals surface area contributed by atoms with Crippen molar-refractivity contribution in [1.82, 2.24) is 14.8 Å². The molecule has 1 saturated carbocycles. The number of hydrogen-bond acceptors (Lipinski definition) is 3. The Morgan fingerprint density at radius 1 is 1.13 bits per heavy atom. The van der Waals surface area contributed by atoms with Gasteiger partial charge in [0.25, 0.3) is 0 Å². The van der Waals surface area contributed by atoms with Gasteiger partial charge in [0.2, 0.25) is 5.91 Å². The first-order valence-corrected chi connectivity index (χ1v) is 9.16. The SMILES string of the molecule is O=C(Cc1ccccn1)N1CCC2(CC1)CC(N1CCCC1)C2. The van der Waals surface area contributed by atoms with Crippen molar-refractivity contribution in [3.05, 3.63) is 30.1 Å². The van der Waals surface area contributed by atoms with Crippen molar-refractivity contribution in [2.45, 2.75) is 51.0 Å². The van der Waals surface area contributed by atoms with Crippen molar-refractivity contribution in [1.29, 1.82) is 0 Å². The van der Waals surface area contributed by atoms with Gasteiger partial charge in [-0.1, -0.05) is 6.07 Å². The number of likely N-dealkylation sites (tertiary alicyclic amines) is 2. The van der Waals surface area contributed by atoms with Crippen molar-refractivity contribution in [3.8, 4) is 0 Å². The molecule has 1 amide bonds. The Labute approximate surface area is 138 Å². The van der Waals surface area contributed by atoms with Crippen LogP contribution in [0, 0.1) is 5.41 Å². The summed E-state index contributed by atoms with van der Waals surface area (Å²) in [4.78, 5) is 21.5. The average molecular weight is 313 g/mol. The summed E-state index contributed by atoms with van der Waals surface area (Å²) in [6.07, 6.45) is 10.1. The van der Waals surface area contributed by atoms with Gasteiger partial charge in [-0.05, 0) is 69.2 Å². The first-order chi connectivity index (χ1) is 11.2. The second kappa shape index (κ2) is 6.23. The van der Waals surface area contributed by atoms with Crippen molar-refractivity contribution < 1.29 is 4.79 Å². The number of piperidine rings is 1. The number of rotatable bonds is 3. The summed E-state index contributed by atoms with van der Waals surface area (Å²) in [6, 6.07) is 6.63. The Morgan fingerprint density at radius 3 is 2.52 bits per heavy atom. The molecule has 0 radical (unpaired) electrons. The third kappa shape index (κ3) is 3.14. The van der Waals surface area contributed by atoms with E-state index in [-0.39, 0.29) is 5.91 Å². The highest BCUT2D eigenvalue weighted by Crippen LogP contribution is 2.51. The molecular weight excluding hydrogens is 286 g/mol. The third-order valence-electron chi connectivity index (χ3n) is 6.23. The number of pyridine rings is 1. The van der Waals surface area contributed by atoms with Gasteiger partial charge in [0.05, 0.1) is 6.42 Å². The lowest BCUT2D eigenvalue weighted by atomic mass is 9.60. The molecule has 0 aromatic carbocycles. The van der Waals surface area contributed by atoms with Crippen LogP contribution in [-0.2, 0) is 11.2 Å². The van der Waals surface area contributed by atoms with E-state index >= 15 is 0 Å². The van der Waals surface area contributed by atoms with Crippen LogP contribution in [-0.4, -0.2) is 52.9 Å². The predicted molar refractivity (Wildman–Crippen MR) is 90.0 cm³/mol. The van der Waals surface area contributed by atoms with Crippen LogP contribution in [0.5, 0.6) is 0 Å². The van der Waals surface area contributed by atoms with Gasteiger partial charge in [-0.15, -0.1) is 0 Å². The van der Waals surface area contributed by atoms with Gasteiger partial charge in [0.1, 0.15) is 0 Å². The van der Waals surface area contributed by atoms with Gasteiger partial charge < -0.3 is 9.80 Å². The molecule has 1 aromatic heterocycles. The first-order valence-electron chi connectivity index (χ1n) is 9.16. The molecular formula is C19H27N3O. The molecule has 4 rings (SSSR count). The molecule has 3 heterocycles. The van der Waals surface area contributed by atoms with Gasteiger partial charge in [0, 0.05) is 31.0 Å². The average Bonchev–Trinajstić information content (AvgIpc) is 3.08. The van der Waals surface area contributed by atoms with Gasteiger partial charge in [-0.25, -0.2) is 0 Å². The summed E-state index contributed by atoms with van der Waals surface area (Å²) in [7, 11) is 0. The summed E-state index contributed by atoms with van der Waals surface area (Å²) >= 11 is 0. The Balaban J connectivity index is 1.26. The zero-order valence-electron chi connectivity index (χ0n) is 13.9. The molecule has 4 heteroatoms. The summed E-state index contributed by atoms with van der Waals surface area (Å²) < 4.78 is 0. The molecule has 3 aliphatic rings. The van der Waals surface area contributed by atoms with Crippen LogP contribution in [0.3, 0.4) is 0 Å². The maximum Gasteiger partial charge on any atom is 0.228 e. The highest BCUT2D eigenvalue weighted by atomic mass is 16.2. The second-order valence-electron chi connectivity index (χ2n) is 7.68. The number of aromatic nitrogens is 1. The quantitative estimate of drug-likeness (QED) is 0.860. The van der Waals surface area contributed by atoms with Crippen LogP contribution in [0.4, 0.5) is 0 Å². The topological polar surface area (TPSA) is 36.4 Å². The number of amides is 1. The van der Waals surface area contributed by atoms with Crippen LogP contribution >= 0.6 is 0 Å². The van der Waals surface area contributed by atoms with Gasteiger partial charge in [-0.3, -0.25) is 9.78 Å². The molecule has 3 fully saturated rings.